The predicted molar refractivity (Wildman–Crippen MR) is 52.2 cm³/mol. The summed E-state index contributed by atoms with van der Waals surface area (Å²) in [7, 11) is -4.24. The molecule has 1 unspecified atom stereocenters. The summed E-state index contributed by atoms with van der Waals surface area (Å²) in [5, 5.41) is 0.326. The first-order valence-electron chi connectivity index (χ1n) is 3.39. The van der Waals surface area contributed by atoms with E-state index in [1.807, 2.05) is 0 Å². The van der Waals surface area contributed by atoms with Crippen LogP contribution in [0, 0.1) is 0 Å². The average molecular weight is 259 g/mol. The molecule has 1 aromatic carbocycles. The molecule has 0 bridgehead atoms. The third kappa shape index (κ3) is 2.37. The molecular formula is C7H5ClF2O2S2. The topological polar surface area (TPSA) is 34.1 Å². The van der Waals surface area contributed by atoms with Crippen molar-refractivity contribution in [2.24, 2.45) is 0 Å². The van der Waals surface area contributed by atoms with Crippen LogP contribution in [0.2, 0.25) is 5.02 Å². The quantitative estimate of drug-likeness (QED) is 0.836. The summed E-state index contributed by atoms with van der Waals surface area (Å²) < 4.78 is 46.8. The van der Waals surface area contributed by atoms with Crippen LogP contribution < -0.4 is 0 Å². The van der Waals surface area contributed by atoms with E-state index in [1.165, 1.54) is 12.1 Å². The largest absolute Gasteiger partial charge is 0.280 e. The van der Waals surface area contributed by atoms with Gasteiger partial charge in [0, 0.05) is 5.02 Å². The van der Waals surface area contributed by atoms with E-state index in [0.29, 0.717) is 5.02 Å². The van der Waals surface area contributed by atoms with Gasteiger partial charge in [-0.15, -0.1) is 0 Å². The van der Waals surface area contributed by atoms with Gasteiger partial charge in [0.15, 0.2) is 0 Å². The Bertz CT molecular complexity index is 404. The molecule has 0 saturated heterocycles. The van der Waals surface area contributed by atoms with Crippen molar-refractivity contribution in [1.29, 1.82) is 0 Å². The lowest BCUT2D eigenvalue weighted by Gasteiger charge is -2.04. The molecule has 7 heteroatoms. The lowest BCUT2D eigenvalue weighted by atomic mass is 10.4. The Balaban J connectivity index is 3.11. The van der Waals surface area contributed by atoms with Gasteiger partial charge in [0.25, 0.3) is 4.84 Å². The Morgan fingerprint density at radius 2 is 1.79 bits per heavy atom. The SMILES string of the molecule is O=S(=O)(c1ccc(Cl)cc1)C(F)SF. The summed E-state index contributed by atoms with van der Waals surface area (Å²) in [6.45, 7) is 0. The molecule has 0 N–H and O–H groups in total. The van der Waals surface area contributed by atoms with Crippen LogP contribution in [0.25, 0.3) is 0 Å². The van der Waals surface area contributed by atoms with Crippen LogP contribution >= 0.6 is 23.7 Å². The number of hydrogen-bond donors (Lipinski definition) is 0. The molecule has 1 atom stereocenters. The van der Waals surface area contributed by atoms with Gasteiger partial charge in [-0.25, -0.2) is 12.8 Å². The maximum atomic E-state index is 12.7. The van der Waals surface area contributed by atoms with E-state index in [1.54, 1.807) is 0 Å². The molecule has 0 saturated carbocycles. The van der Waals surface area contributed by atoms with Crippen molar-refractivity contribution in [2.75, 3.05) is 0 Å². The lowest BCUT2D eigenvalue weighted by Crippen LogP contribution is -2.11. The maximum Gasteiger partial charge on any atom is 0.280 e. The van der Waals surface area contributed by atoms with Crippen LogP contribution in [0.5, 0.6) is 0 Å². The molecule has 0 aliphatic rings. The smallest absolute Gasteiger partial charge is 0.220 e. The van der Waals surface area contributed by atoms with Gasteiger partial charge in [0.05, 0.1) is 17.0 Å². The molecule has 0 radical (unpaired) electrons. The maximum absolute atomic E-state index is 12.7. The van der Waals surface area contributed by atoms with E-state index < -0.39 is 26.8 Å². The van der Waals surface area contributed by atoms with E-state index in [9.17, 15) is 16.7 Å². The Morgan fingerprint density at radius 3 is 2.21 bits per heavy atom. The van der Waals surface area contributed by atoms with Crippen LogP contribution in [0.4, 0.5) is 8.28 Å². The van der Waals surface area contributed by atoms with Gasteiger partial charge in [-0.1, -0.05) is 11.6 Å². The fourth-order valence-corrected chi connectivity index (χ4v) is 2.35. The molecule has 0 spiro atoms. The zero-order valence-corrected chi connectivity index (χ0v) is 9.04. The van der Waals surface area contributed by atoms with Crippen molar-refractivity contribution < 1.29 is 16.7 Å². The van der Waals surface area contributed by atoms with E-state index in [2.05, 4.69) is 0 Å². The first-order valence-corrected chi connectivity index (χ1v) is 6.10. The Labute approximate surface area is 89.5 Å². The third-order valence-corrected chi connectivity index (χ3v) is 4.24. The summed E-state index contributed by atoms with van der Waals surface area (Å²) >= 11 is 4.65. The van der Waals surface area contributed by atoms with Gasteiger partial charge in [0.2, 0.25) is 9.84 Å². The number of benzene rings is 1. The molecule has 0 fully saturated rings. The van der Waals surface area contributed by atoms with Crippen molar-refractivity contribution in [2.45, 2.75) is 9.73 Å². The summed E-state index contributed by atoms with van der Waals surface area (Å²) in [6, 6.07) is 4.84. The van der Waals surface area contributed by atoms with Gasteiger partial charge in [-0.05, 0) is 24.3 Å². The van der Waals surface area contributed by atoms with Gasteiger partial charge >= 0.3 is 0 Å². The number of alkyl halides is 1. The van der Waals surface area contributed by atoms with Crippen molar-refractivity contribution in [3.63, 3.8) is 0 Å². The van der Waals surface area contributed by atoms with E-state index in [-0.39, 0.29) is 4.90 Å². The molecule has 0 aliphatic carbocycles. The molecule has 78 valence electrons. The number of rotatable bonds is 3. The number of halogens is 3. The number of sulfone groups is 1. The summed E-state index contributed by atoms with van der Waals surface area (Å²) in [5.74, 6) is 0. The lowest BCUT2D eigenvalue weighted by molar-refractivity contribution is 0.505. The van der Waals surface area contributed by atoms with Crippen LogP contribution in [-0.4, -0.2) is 13.3 Å². The standard InChI is InChI=1S/C7H5ClF2O2S2/c8-5-1-3-6(4-2-5)14(11,12)7(9)13-10/h1-4,7H. The first-order chi connectivity index (χ1) is 6.48. The zero-order chi connectivity index (χ0) is 10.8. The zero-order valence-electron chi connectivity index (χ0n) is 6.65. The van der Waals surface area contributed by atoms with E-state index in [4.69, 9.17) is 11.6 Å². The summed E-state index contributed by atoms with van der Waals surface area (Å²) in [6.07, 6.45) is 0. The van der Waals surface area contributed by atoms with E-state index >= 15 is 0 Å². The van der Waals surface area contributed by atoms with Crippen molar-refractivity contribution in [3.8, 4) is 0 Å². The summed E-state index contributed by atoms with van der Waals surface area (Å²) in [5.41, 5.74) is 0. The normalized spacial score (nSPS) is 13.9. The Kier molecular flexibility index (Phi) is 3.74. The number of hydrogen-bond acceptors (Lipinski definition) is 3. The second-order valence-corrected chi connectivity index (χ2v) is 5.66. The fraction of sp³-hybridized carbons (Fsp3) is 0.143. The highest BCUT2D eigenvalue weighted by molar-refractivity contribution is 8.10. The average Bonchev–Trinajstić information content (AvgIpc) is 2.17. The highest BCUT2D eigenvalue weighted by Gasteiger charge is 2.28. The minimum atomic E-state index is -4.24. The first kappa shape index (κ1) is 11.7. The molecule has 1 aromatic rings. The van der Waals surface area contributed by atoms with Crippen LogP contribution in [-0.2, 0) is 9.84 Å². The van der Waals surface area contributed by atoms with Gasteiger partial charge in [-0.2, -0.15) is 3.89 Å². The second-order valence-electron chi connectivity index (χ2n) is 2.36. The van der Waals surface area contributed by atoms with Crippen molar-refractivity contribution >= 4 is 33.6 Å². The van der Waals surface area contributed by atoms with Gasteiger partial charge < -0.3 is 0 Å². The fourth-order valence-electron chi connectivity index (χ4n) is 0.779. The molecule has 2 nitrogen and oxygen atoms in total. The molecule has 0 heterocycles. The van der Waals surface area contributed by atoms with Crippen LogP contribution in [0.15, 0.2) is 29.2 Å². The van der Waals surface area contributed by atoms with Gasteiger partial charge in [0.1, 0.15) is 0 Å². The van der Waals surface area contributed by atoms with Crippen LogP contribution in [0.3, 0.4) is 0 Å². The Hall–Kier alpha value is -0.330. The molecule has 0 aromatic heterocycles. The summed E-state index contributed by atoms with van der Waals surface area (Å²) in [4.78, 5) is -2.89. The predicted octanol–water partition coefficient (Wildman–Crippen LogP) is 2.98. The second kappa shape index (κ2) is 4.46. The highest BCUT2D eigenvalue weighted by Crippen LogP contribution is 2.26. The Morgan fingerprint density at radius 1 is 1.29 bits per heavy atom. The van der Waals surface area contributed by atoms with E-state index in [0.717, 1.165) is 12.1 Å². The van der Waals surface area contributed by atoms with Crippen LogP contribution in [0.1, 0.15) is 0 Å². The molecule has 14 heavy (non-hydrogen) atoms. The highest BCUT2D eigenvalue weighted by atomic mass is 35.5. The molecule has 0 amide bonds. The molecular weight excluding hydrogens is 254 g/mol. The minimum Gasteiger partial charge on any atom is -0.220 e. The molecule has 1 rings (SSSR count). The minimum absolute atomic E-state index is 0.292. The van der Waals surface area contributed by atoms with Gasteiger partial charge in [-0.3, -0.25) is 0 Å². The third-order valence-electron chi connectivity index (χ3n) is 1.46. The van der Waals surface area contributed by atoms with Crippen molar-refractivity contribution in [3.05, 3.63) is 29.3 Å². The monoisotopic (exact) mass is 258 g/mol. The molecule has 0 aliphatic heterocycles. The van der Waals surface area contributed by atoms with Crippen molar-refractivity contribution in [1.82, 2.24) is 0 Å².